The molecule has 0 aliphatic carbocycles. The molecule has 0 bridgehead atoms. The lowest BCUT2D eigenvalue weighted by molar-refractivity contribution is 0.101. The lowest BCUT2D eigenvalue weighted by atomic mass is 10.0. The highest BCUT2D eigenvalue weighted by Crippen LogP contribution is 2.37. The number of carbonyl (C=O) groups excluding carboxylic acids is 2. The second-order valence-corrected chi connectivity index (χ2v) is 10.8. The Bertz CT molecular complexity index is 1570. The zero-order chi connectivity index (χ0) is 25.3. The van der Waals surface area contributed by atoms with Gasteiger partial charge in [-0.2, -0.15) is 8.42 Å². The maximum atomic E-state index is 13.2. The molecule has 0 atom stereocenters. The highest BCUT2D eigenvalue weighted by Gasteiger charge is 2.21. The normalized spacial score (nSPS) is 11.8. The summed E-state index contributed by atoms with van der Waals surface area (Å²) >= 11 is 1.27. The summed E-state index contributed by atoms with van der Waals surface area (Å²) < 4.78 is 33.7. The van der Waals surface area contributed by atoms with E-state index in [-0.39, 0.29) is 18.3 Å². The summed E-state index contributed by atoms with van der Waals surface area (Å²) in [7, 11) is -1.98. The van der Waals surface area contributed by atoms with Gasteiger partial charge in [-0.15, -0.1) is 11.3 Å². The van der Waals surface area contributed by atoms with Crippen LogP contribution in [-0.2, 0) is 32.3 Å². The van der Waals surface area contributed by atoms with Gasteiger partial charge in [0.1, 0.15) is 5.82 Å². The minimum absolute atomic E-state index is 0.0703. The number of carbonyl (C=O) groups is 2. The molecule has 182 valence electrons. The molecule has 35 heavy (non-hydrogen) atoms. The molecule has 0 saturated carbocycles. The van der Waals surface area contributed by atoms with E-state index in [1.807, 2.05) is 13.0 Å². The molecule has 4 rings (SSSR count). The molecule has 8 nitrogen and oxygen atoms in total. The Morgan fingerprint density at radius 3 is 2.51 bits per heavy atom. The monoisotopic (exact) mass is 512 g/mol. The lowest BCUT2D eigenvalue weighted by Gasteiger charge is -2.09. The van der Waals surface area contributed by atoms with Crippen LogP contribution in [0.2, 0.25) is 0 Å². The fourth-order valence-corrected chi connectivity index (χ4v) is 5.61. The lowest BCUT2D eigenvalue weighted by Crippen LogP contribution is -2.12. The van der Waals surface area contributed by atoms with E-state index in [2.05, 4.69) is 10.3 Å². The molecular formula is C25H24N2O6S2. The van der Waals surface area contributed by atoms with Crippen molar-refractivity contribution in [1.82, 2.24) is 4.98 Å². The molecule has 0 aliphatic rings. The molecule has 10 heteroatoms. The fourth-order valence-electron chi connectivity index (χ4n) is 3.96. The number of rotatable bonds is 8. The first kappa shape index (κ1) is 24.9. The number of pyridine rings is 1. The largest absolute Gasteiger partial charge is 0.380 e. The number of thiophene rings is 1. The Labute approximate surface area is 207 Å². The Kier molecular flexibility index (Phi) is 7.00. The standard InChI is InChI=1S/C25H24N2O6S2/c1-14-22-17(12-32-3)8-9-18(15(2)28)24(22)34-23(14)25(29)27-21-11-10-19-16(13-33-35(4,30)31)6-5-7-20(19)26-21/h5-11H,12-13H2,1-4H3,(H,26,27,29). The number of nitrogens with one attached hydrogen (secondary N) is 1. The number of aromatic nitrogens is 1. The Balaban J connectivity index is 1.68. The van der Waals surface area contributed by atoms with Crippen molar-refractivity contribution in [3.63, 3.8) is 0 Å². The van der Waals surface area contributed by atoms with Crippen LogP contribution in [0, 0.1) is 6.92 Å². The van der Waals surface area contributed by atoms with Crippen molar-refractivity contribution in [3.8, 4) is 0 Å². The van der Waals surface area contributed by atoms with Gasteiger partial charge >= 0.3 is 0 Å². The molecule has 4 aromatic rings. The van der Waals surface area contributed by atoms with Gasteiger partial charge < -0.3 is 10.1 Å². The maximum absolute atomic E-state index is 13.2. The fraction of sp³-hybridized carbons (Fsp3) is 0.240. The first-order valence-electron chi connectivity index (χ1n) is 10.7. The van der Waals surface area contributed by atoms with Crippen LogP contribution < -0.4 is 5.32 Å². The number of benzene rings is 2. The summed E-state index contributed by atoms with van der Waals surface area (Å²) in [5.41, 5.74) is 3.51. The van der Waals surface area contributed by atoms with Gasteiger partial charge in [0.05, 0.1) is 29.9 Å². The van der Waals surface area contributed by atoms with Gasteiger partial charge in [-0.05, 0) is 54.8 Å². The van der Waals surface area contributed by atoms with Gasteiger partial charge in [0, 0.05) is 28.1 Å². The number of hydrogen-bond donors (Lipinski definition) is 1. The van der Waals surface area contributed by atoms with E-state index >= 15 is 0 Å². The van der Waals surface area contributed by atoms with Gasteiger partial charge in [0.2, 0.25) is 0 Å². The molecule has 0 radical (unpaired) electrons. The van der Waals surface area contributed by atoms with Crippen molar-refractivity contribution >= 4 is 60.0 Å². The molecule has 1 N–H and O–H groups in total. The van der Waals surface area contributed by atoms with E-state index in [0.717, 1.165) is 32.9 Å². The highest BCUT2D eigenvalue weighted by atomic mass is 32.2. The van der Waals surface area contributed by atoms with Crippen LogP contribution in [0.5, 0.6) is 0 Å². The van der Waals surface area contributed by atoms with Crippen LogP contribution in [0.15, 0.2) is 42.5 Å². The highest BCUT2D eigenvalue weighted by molar-refractivity contribution is 7.85. The predicted octanol–water partition coefficient (Wildman–Crippen LogP) is 4.84. The average molecular weight is 513 g/mol. The number of anilines is 1. The van der Waals surface area contributed by atoms with E-state index in [1.165, 1.54) is 18.3 Å². The molecule has 2 aromatic heterocycles. The number of hydrogen-bond acceptors (Lipinski definition) is 8. The zero-order valence-electron chi connectivity index (χ0n) is 19.7. The number of Topliss-reactive ketones (excluding diaryl/α,β-unsaturated/α-hetero) is 1. The van der Waals surface area contributed by atoms with Crippen molar-refractivity contribution in [1.29, 1.82) is 0 Å². The maximum Gasteiger partial charge on any atom is 0.267 e. The number of aryl methyl sites for hydroxylation is 1. The molecule has 0 saturated heterocycles. The van der Waals surface area contributed by atoms with E-state index in [0.29, 0.717) is 33.9 Å². The zero-order valence-corrected chi connectivity index (χ0v) is 21.3. The van der Waals surface area contributed by atoms with Crippen molar-refractivity contribution in [2.24, 2.45) is 0 Å². The molecule has 0 aliphatic heterocycles. The molecule has 0 spiro atoms. The van der Waals surface area contributed by atoms with Gasteiger partial charge in [-0.3, -0.25) is 13.8 Å². The number of ether oxygens (including phenoxy) is 1. The van der Waals surface area contributed by atoms with Gasteiger partial charge in [0.25, 0.3) is 16.0 Å². The Morgan fingerprint density at radius 1 is 1.06 bits per heavy atom. The number of ketones is 1. The number of fused-ring (bicyclic) bond motifs is 2. The third kappa shape index (κ3) is 5.25. The average Bonchev–Trinajstić information content (AvgIpc) is 3.15. The third-order valence-corrected chi connectivity index (χ3v) is 7.41. The van der Waals surface area contributed by atoms with Gasteiger partial charge in [0.15, 0.2) is 5.78 Å². The predicted molar refractivity (Wildman–Crippen MR) is 137 cm³/mol. The molecule has 2 heterocycles. The first-order valence-corrected chi connectivity index (χ1v) is 13.3. The first-order chi connectivity index (χ1) is 16.6. The van der Waals surface area contributed by atoms with Crippen molar-refractivity contribution < 1.29 is 26.9 Å². The SMILES string of the molecule is COCc1ccc(C(C)=O)c2sc(C(=O)Nc3ccc4c(COS(C)(=O)=O)cccc4n3)c(C)c12. The minimum Gasteiger partial charge on any atom is -0.380 e. The summed E-state index contributed by atoms with van der Waals surface area (Å²) in [4.78, 5) is 30.4. The van der Waals surface area contributed by atoms with Crippen LogP contribution in [0.4, 0.5) is 5.82 Å². The molecular weight excluding hydrogens is 488 g/mol. The summed E-state index contributed by atoms with van der Waals surface area (Å²) in [6.07, 6.45) is 0.998. The number of nitrogens with zero attached hydrogens (tertiary/aromatic N) is 1. The topological polar surface area (TPSA) is 112 Å². The second-order valence-electron chi connectivity index (χ2n) is 8.12. The molecule has 0 fully saturated rings. The smallest absolute Gasteiger partial charge is 0.267 e. The van der Waals surface area contributed by atoms with Crippen molar-refractivity contribution in [2.75, 3.05) is 18.7 Å². The summed E-state index contributed by atoms with van der Waals surface area (Å²) in [6, 6.07) is 12.3. The Hall–Kier alpha value is -3.18. The van der Waals surface area contributed by atoms with E-state index in [9.17, 15) is 18.0 Å². The second kappa shape index (κ2) is 9.82. The van der Waals surface area contributed by atoms with Gasteiger partial charge in [-0.1, -0.05) is 18.2 Å². The van der Waals surface area contributed by atoms with Crippen molar-refractivity contribution in [3.05, 3.63) is 69.6 Å². The van der Waals surface area contributed by atoms with E-state index < -0.39 is 10.1 Å². The van der Waals surface area contributed by atoms with Crippen LogP contribution in [-0.4, -0.2) is 38.5 Å². The summed E-state index contributed by atoms with van der Waals surface area (Å²) in [5.74, 6) is -0.0477. The van der Waals surface area contributed by atoms with Crippen LogP contribution in [0.1, 0.15) is 43.6 Å². The Morgan fingerprint density at radius 2 is 1.83 bits per heavy atom. The molecule has 0 unspecified atom stereocenters. The van der Waals surface area contributed by atoms with E-state index in [4.69, 9.17) is 8.92 Å². The van der Waals surface area contributed by atoms with Crippen molar-refractivity contribution in [2.45, 2.75) is 27.1 Å². The van der Waals surface area contributed by atoms with Crippen LogP contribution in [0.25, 0.3) is 21.0 Å². The van der Waals surface area contributed by atoms with Crippen LogP contribution in [0.3, 0.4) is 0 Å². The molecule has 1 amide bonds. The number of amides is 1. The van der Waals surface area contributed by atoms with Gasteiger partial charge in [-0.25, -0.2) is 4.98 Å². The van der Waals surface area contributed by atoms with E-state index in [1.54, 1.807) is 43.5 Å². The summed E-state index contributed by atoms with van der Waals surface area (Å²) in [6.45, 7) is 3.63. The molecule has 2 aromatic carbocycles. The third-order valence-electron chi connectivity index (χ3n) is 5.54. The quantitative estimate of drug-likeness (QED) is 0.266. The minimum atomic E-state index is -3.58. The number of methoxy groups -OCH3 is 1. The van der Waals surface area contributed by atoms with Crippen LogP contribution >= 0.6 is 11.3 Å². The summed E-state index contributed by atoms with van der Waals surface area (Å²) in [5, 5.41) is 4.43.